The van der Waals surface area contributed by atoms with Gasteiger partial charge in [-0.2, -0.15) is 13.2 Å². The zero-order valence-electron chi connectivity index (χ0n) is 62.2. The number of aliphatic carboxylic acids is 2. The van der Waals surface area contributed by atoms with Gasteiger partial charge in [0, 0.05) is 99.2 Å². The van der Waals surface area contributed by atoms with E-state index in [-0.39, 0.29) is 72.9 Å². The van der Waals surface area contributed by atoms with Gasteiger partial charge in [0.2, 0.25) is 23.5 Å². The lowest BCUT2D eigenvalue weighted by atomic mass is 10.1. The number of nitrogens with two attached hydrogens (primary N) is 2. The summed E-state index contributed by atoms with van der Waals surface area (Å²) in [6.45, 7) is 7.35. The van der Waals surface area contributed by atoms with Crippen LogP contribution in [-0.4, -0.2) is 96.3 Å². The molecular weight excluding hydrogens is 1420 g/mol. The molecule has 3 heterocycles. The van der Waals surface area contributed by atoms with Crippen LogP contribution in [0.5, 0.6) is 0 Å². The summed E-state index contributed by atoms with van der Waals surface area (Å²) >= 11 is 0. The Morgan fingerprint density at radius 2 is 0.909 bits per heavy atom. The number of benzene rings is 5. The summed E-state index contributed by atoms with van der Waals surface area (Å²) < 4.78 is 40.9. The third-order valence-corrected chi connectivity index (χ3v) is 15.6. The molecule has 0 fully saturated rings. The van der Waals surface area contributed by atoms with Gasteiger partial charge in [0.15, 0.2) is 11.6 Å². The highest BCUT2D eigenvalue weighted by atomic mass is 19.4. The first-order valence-electron chi connectivity index (χ1n) is 35.8. The molecule has 0 aliphatic rings. The summed E-state index contributed by atoms with van der Waals surface area (Å²) in [4.78, 5) is 135. The standard InChI is InChI=1S/C21H20N4O3.C16H22N2O3.C15H15N3O2.C14H17F3N2O2.C10H12O2.C6H12O2/c22-18-5-1-2-6-19(18)25-20(26)17-9-7-15(8-10-17)13-24-21(27)28-14-16-4-3-11-23-12-16;1-2-14(19)15(20)9-5-3-4-6-10-16(21)18-13-8-7-11-17-12-13;1-10(19)17-12-8-6-11(7-9-12)15(20)18-14-5-3-2-4-13(14)16;15-14(16,17)12(20)7-3-1-2-4-8-13(21)19-11-6-5-9-18-10-11;11-10(12)8-4-7-9-5-2-1-3-6-9;1-3-5(4-2)6(7)8/h1-12H,13-14,22H2,(H,24,27)(H,25,26);7-8,11-12H,2-6,9-10H2,1H3,(H,18,21);2-9H,16H2,1H3,(H,17,19)(H,18,20);5-6,9-10H,1-4,7-8H2,(H,19,21);1-3,5-6H,4,7-8H2,(H,11,12);5H,3-4H2,1-2H3,(H,7,8). The van der Waals surface area contributed by atoms with E-state index < -0.39 is 36.4 Å². The number of ketones is 3. The largest absolute Gasteiger partial charge is 0.481 e. The fraction of sp³-hybridized carbons (Fsp3) is 0.317. The van der Waals surface area contributed by atoms with Gasteiger partial charge in [0.25, 0.3) is 11.8 Å². The van der Waals surface area contributed by atoms with Crippen LogP contribution >= 0.6 is 0 Å². The summed E-state index contributed by atoms with van der Waals surface area (Å²) in [6.07, 6.45) is 13.8. The number of hydrogen-bond acceptors (Lipinski definition) is 17. The smallest absolute Gasteiger partial charge is 0.449 e. The van der Waals surface area contributed by atoms with Crippen molar-refractivity contribution in [2.24, 2.45) is 5.92 Å². The Morgan fingerprint density at radius 3 is 1.33 bits per heavy atom. The molecular formula is C82H98F3N11O14. The highest BCUT2D eigenvalue weighted by Gasteiger charge is 2.37. The number of nitrogens with zero attached hydrogens (tertiary/aromatic N) is 3. The fourth-order valence-electron chi connectivity index (χ4n) is 9.52. The number of rotatable bonds is 34. The highest BCUT2D eigenvalue weighted by molar-refractivity contribution is 6.37. The van der Waals surface area contributed by atoms with Gasteiger partial charge in [-0.1, -0.05) is 119 Å². The van der Waals surface area contributed by atoms with Crippen LogP contribution in [0.25, 0.3) is 0 Å². The van der Waals surface area contributed by atoms with Gasteiger partial charge in [-0.15, -0.1) is 0 Å². The van der Waals surface area contributed by atoms with Crippen molar-refractivity contribution in [3.05, 3.63) is 229 Å². The van der Waals surface area contributed by atoms with E-state index in [0.29, 0.717) is 96.0 Å². The maximum absolute atomic E-state index is 12.3. The number of alkyl carbamates (subject to hydrolysis) is 1. The number of Topliss-reactive ketones (excluding diaryl/α,β-unsaturated/α-hetero) is 3. The van der Waals surface area contributed by atoms with Crippen LogP contribution in [0.2, 0.25) is 0 Å². The zero-order chi connectivity index (χ0) is 80.9. The molecule has 0 aliphatic carbocycles. The molecule has 8 aromatic rings. The molecule has 0 aliphatic heterocycles. The van der Waals surface area contributed by atoms with Crippen molar-refractivity contribution in [3.8, 4) is 0 Å². The number of para-hydroxylation sites is 4. The lowest BCUT2D eigenvalue weighted by Gasteiger charge is -2.09. The molecule has 6 amide bonds. The molecule has 586 valence electrons. The maximum atomic E-state index is 12.3. The minimum atomic E-state index is -4.73. The number of amides is 6. The average molecular weight is 1520 g/mol. The van der Waals surface area contributed by atoms with Crippen LogP contribution in [0, 0.1) is 5.92 Å². The number of halogens is 3. The minimum Gasteiger partial charge on any atom is -0.481 e. The van der Waals surface area contributed by atoms with E-state index in [1.54, 1.807) is 165 Å². The first-order chi connectivity index (χ1) is 52.7. The molecule has 28 heteroatoms. The summed E-state index contributed by atoms with van der Waals surface area (Å²) in [5, 5.41) is 33.0. The van der Waals surface area contributed by atoms with Gasteiger partial charge in [-0.05, 0) is 153 Å². The van der Waals surface area contributed by atoms with Crippen molar-refractivity contribution in [1.29, 1.82) is 0 Å². The molecule has 5 aromatic carbocycles. The monoisotopic (exact) mass is 1520 g/mol. The molecule has 8 rings (SSSR count). The van der Waals surface area contributed by atoms with Crippen LogP contribution in [0.3, 0.4) is 0 Å². The predicted octanol–water partition coefficient (Wildman–Crippen LogP) is 15.8. The van der Waals surface area contributed by atoms with Crippen molar-refractivity contribution in [1.82, 2.24) is 20.3 Å². The molecule has 110 heavy (non-hydrogen) atoms. The second-order valence-electron chi connectivity index (χ2n) is 24.4. The van der Waals surface area contributed by atoms with Crippen molar-refractivity contribution in [3.63, 3.8) is 0 Å². The van der Waals surface area contributed by atoms with Crippen molar-refractivity contribution in [2.45, 2.75) is 163 Å². The zero-order valence-corrected chi connectivity index (χ0v) is 62.2. The quantitative estimate of drug-likeness (QED) is 0.0102. The molecule has 0 radical (unpaired) electrons. The van der Waals surface area contributed by atoms with Crippen molar-refractivity contribution < 1.29 is 80.9 Å². The van der Waals surface area contributed by atoms with E-state index in [0.717, 1.165) is 62.5 Å². The first kappa shape index (κ1) is 91.7. The number of nitrogen functional groups attached to an aromatic ring is 2. The Balaban J connectivity index is 0.000000353. The molecule has 3 aromatic heterocycles. The van der Waals surface area contributed by atoms with Gasteiger partial charge in [0.05, 0.1) is 52.4 Å². The average Bonchev–Trinajstić information content (AvgIpc) is 0.863. The summed E-state index contributed by atoms with van der Waals surface area (Å²) in [7, 11) is 0. The minimum absolute atomic E-state index is 0.0276. The number of carbonyl (C=O) groups excluding carboxylic acids is 9. The Hall–Kier alpha value is -12.5. The maximum Gasteiger partial charge on any atom is 0.449 e. The molecule has 0 atom stereocenters. The highest BCUT2D eigenvalue weighted by Crippen LogP contribution is 2.22. The van der Waals surface area contributed by atoms with Crippen LogP contribution < -0.4 is 43.4 Å². The van der Waals surface area contributed by atoms with E-state index in [9.17, 15) is 65.9 Å². The Morgan fingerprint density at radius 1 is 0.455 bits per heavy atom. The molecule has 12 N–H and O–H groups in total. The number of nitrogens with one attached hydrogen (secondary N) is 6. The van der Waals surface area contributed by atoms with Crippen LogP contribution in [0.15, 0.2) is 201 Å². The van der Waals surface area contributed by atoms with Gasteiger partial charge in [-0.3, -0.25) is 62.9 Å². The molecule has 0 bridgehead atoms. The summed E-state index contributed by atoms with van der Waals surface area (Å²) in [5.41, 5.74) is 19.5. The van der Waals surface area contributed by atoms with E-state index in [4.69, 9.17) is 26.4 Å². The van der Waals surface area contributed by atoms with Crippen molar-refractivity contribution in [2.75, 3.05) is 38.1 Å². The SMILES string of the molecule is CC(=O)Nc1ccc(C(=O)Nc2ccccc2N)cc1.CCC(=O)C(=O)CCCCCCC(=O)Nc1cccnc1.CCC(CC)C(=O)O.Nc1ccccc1NC(=O)c1ccc(CNC(=O)OCc2cccnc2)cc1.O=C(CCCCCCC(=O)C(F)(F)F)Nc1cccnc1.O=C(O)CCCc1ccccc1. The summed E-state index contributed by atoms with van der Waals surface area (Å²) in [6, 6.07) is 48.1. The number of aromatic nitrogens is 3. The van der Waals surface area contributed by atoms with Gasteiger partial charge in [-0.25, -0.2) is 4.79 Å². The van der Waals surface area contributed by atoms with E-state index in [1.807, 2.05) is 50.2 Å². The predicted molar refractivity (Wildman–Crippen MR) is 417 cm³/mol. The topological polar surface area (TPSA) is 400 Å². The third kappa shape index (κ3) is 41.4. The Kier molecular flexibility index (Phi) is 44.4. The number of carbonyl (C=O) groups is 11. The lowest BCUT2D eigenvalue weighted by molar-refractivity contribution is -0.171. The fourth-order valence-corrected chi connectivity index (χ4v) is 9.52. The second-order valence-corrected chi connectivity index (χ2v) is 24.4. The second kappa shape index (κ2) is 53.3. The number of pyridine rings is 3. The third-order valence-electron chi connectivity index (χ3n) is 15.6. The van der Waals surface area contributed by atoms with E-state index in [2.05, 4.69) is 46.9 Å². The molecule has 0 saturated carbocycles. The molecule has 0 saturated heterocycles. The number of unbranched alkanes of at least 4 members (excludes halogenated alkanes) is 6. The summed E-state index contributed by atoms with van der Waals surface area (Å²) in [5.74, 6) is -4.61. The van der Waals surface area contributed by atoms with Crippen LogP contribution in [0.4, 0.5) is 57.8 Å². The van der Waals surface area contributed by atoms with Crippen LogP contribution in [0.1, 0.15) is 174 Å². The van der Waals surface area contributed by atoms with Crippen molar-refractivity contribution >= 4 is 105 Å². The van der Waals surface area contributed by atoms with Gasteiger partial charge in [0.1, 0.15) is 6.61 Å². The number of hydrogen-bond donors (Lipinski definition) is 10. The van der Waals surface area contributed by atoms with Gasteiger partial charge >= 0.3 is 24.2 Å². The molecule has 0 unspecified atom stereocenters. The number of carboxylic acids is 2. The lowest BCUT2D eigenvalue weighted by Crippen LogP contribution is -2.23. The Labute approximate surface area is 638 Å². The normalized spacial score (nSPS) is 10.2. The first-order valence-corrected chi connectivity index (χ1v) is 35.8. The molecule has 25 nitrogen and oxygen atoms in total. The molecule has 0 spiro atoms. The van der Waals surface area contributed by atoms with E-state index >= 15 is 0 Å². The number of anilines is 7. The number of alkyl halides is 3. The van der Waals surface area contributed by atoms with Crippen LogP contribution in [-0.2, 0) is 62.7 Å². The van der Waals surface area contributed by atoms with E-state index in [1.165, 1.54) is 18.7 Å². The Bertz CT molecular complexity index is 4110. The number of aryl methyl sites for hydroxylation is 1. The number of carboxylic acid groups (broad SMARTS) is 2. The number of ether oxygens (including phenoxy) is 1. The van der Waals surface area contributed by atoms with Gasteiger partial charge < -0.3 is 58.3 Å².